The largest absolute Gasteiger partial charge is 1.00 e. The summed E-state index contributed by atoms with van der Waals surface area (Å²) in [4.78, 5) is 8.36. The molecule has 0 fully saturated rings. The van der Waals surface area contributed by atoms with Gasteiger partial charge in [-0.3, -0.25) is 8.42 Å². The SMILES string of the molecule is O=S(=O)([O-])[O-].O=[N+]([O-])O.[Ag+].[Hg+]. The van der Waals surface area contributed by atoms with E-state index < -0.39 is 15.5 Å². The van der Waals surface area contributed by atoms with Crippen LogP contribution in [0.3, 0.4) is 0 Å². The fourth-order valence-electron chi connectivity index (χ4n) is 0. The predicted octanol–water partition coefficient (Wildman–Crippen LogP) is -1.69. The Kier molecular flexibility index (Phi) is 22.1. The third-order valence-electron chi connectivity index (χ3n) is 0. The standard InChI is InChI=1S/Ag.Hg.HNO3.H2O4S/c;;2-1(3)4;1-5(2,3)4/h;;(H,2,3,4);(H2,1,2,3,4)/q2*+1;;/p-2. The minimum Gasteiger partial charge on any atom is -0.759 e. The van der Waals surface area contributed by atoms with E-state index in [1.54, 1.807) is 0 Å². The Bertz CT molecular complexity index is 161. The molecule has 0 unspecified atom stereocenters. The third kappa shape index (κ3) is 1480. The van der Waals surface area contributed by atoms with Gasteiger partial charge in [-0.05, 0) is 0 Å². The molecule has 0 aromatic rings. The van der Waals surface area contributed by atoms with Crippen molar-refractivity contribution in [1.29, 1.82) is 0 Å². The topological polar surface area (TPSA) is 144 Å². The molecular formula is HAgHgNO7S. The van der Waals surface area contributed by atoms with E-state index in [0.29, 0.717) is 0 Å². The van der Waals surface area contributed by atoms with Crippen molar-refractivity contribution in [2.75, 3.05) is 0 Å². The molecule has 0 aromatic heterocycles. The van der Waals surface area contributed by atoms with Crippen LogP contribution in [0.4, 0.5) is 0 Å². The van der Waals surface area contributed by atoms with E-state index in [4.69, 9.17) is 32.8 Å². The van der Waals surface area contributed by atoms with Crippen molar-refractivity contribution in [3.8, 4) is 0 Å². The van der Waals surface area contributed by atoms with E-state index >= 15 is 0 Å². The Morgan fingerprint density at radius 3 is 1.27 bits per heavy atom. The molecule has 11 heteroatoms. The minimum atomic E-state index is -5.17. The van der Waals surface area contributed by atoms with E-state index in [9.17, 15) is 0 Å². The summed E-state index contributed by atoms with van der Waals surface area (Å²) in [6.45, 7) is 0. The van der Waals surface area contributed by atoms with Crippen LogP contribution in [0.5, 0.6) is 0 Å². The van der Waals surface area contributed by atoms with E-state index in [0.717, 1.165) is 0 Å². The van der Waals surface area contributed by atoms with Crippen molar-refractivity contribution in [3.05, 3.63) is 10.1 Å². The first-order chi connectivity index (χ1) is 3.73. The molecule has 0 spiro atoms. The molecule has 0 aliphatic carbocycles. The molecule has 0 bridgehead atoms. The normalized spacial score (nSPS) is 7.45. The molecule has 0 aliphatic heterocycles. The molecule has 11 heavy (non-hydrogen) atoms. The van der Waals surface area contributed by atoms with Crippen LogP contribution in [0.2, 0.25) is 0 Å². The predicted molar refractivity (Wildman–Crippen MR) is 19.3 cm³/mol. The fourth-order valence-corrected chi connectivity index (χ4v) is 0. The van der Waals surface area contributed by atoms with Gasteiger partial charge in [-0.1, -0.05) is 0 Å². The van der Waals surface area contributed by atoms with Gasteiger partial charge in [-0.25, -0.2) is 0 Å². The quantitative estimate of drug-likeness (QED) is 0.147. The van der Waals surface area contributed by atoms with Crippen LogP contribution in [0.1, 0.15) is 0 Å². The van der Waals surface area contributed by atoms with Crippen LogP contribution in [-0.2, 0) is 60.4 Å². The number of rotatable bonds is 0. The Balaban J connectivity index is -0.0000000383. The minimum absolute atomic E-state index is 0. The molecule has 0 aliphatic rings. The smallest absolute Gasteiger partial charge is 0.759 e. The number of hydrogen-bond donors (Lipinski definition) is 1. The molecule has 0 atom stereocenters. The Morgan fingerprint density at radius 1 is 1.27 bits per heavy atom. The third-order valence-corrected chi connectivity index (χ3v) is 0. The summed E-state index contributed by atoms with van der Waals surface area (Å²) in [6, 6.07) is 0. The molecule has 0 amide bonds. The maximum absolute atomic E-state index is 8.52. The average molecular weight is 468 g/mol. The average Bonchev–Trinajstić information content (AvgIpc) is 1.19. The Hall–Kier alpha value is 0.745. The molecule has 1 N–H and O–H groups in total. The molecule has 0 aromatic carbocycles. The second-order valence-electron chi connectivity index (χ2n) is 0.646. The van der Waals surface area contributed by atoms with E-state index in [2.05, 4.69) is 0 Å². The van der Waals surface area contributed by atoms with Gasteiger partial charge < -0.3 is 14.3 Å². The summed E-state index contributed by atoms with van der Waals surface area (Å²) in [5, 5.41) is 13.6. The first kappa shape index (κ1) is 22.6. The summed E-state index contributed by atoms with van der Waals surface area (Å²) in [6.07, 6.45) is 0. The van der Waals surface area contributed by atoms with Crippen LogP contribution in [0.15, 0.2) is 0 Å². The van der Waals surface area contributed by atoms with Crippen LogP contribution in [0, 0.1) is 10.1 Å². The zero-order valence-corrected chi connectivity index (χ0v) is 12.6. The zero-order chi connectivity index (χ0) is 8.08. The Morgan fingerprint density at radius 2 is 1.27 bits per heavy atom. The van der Waals surface area contributed by atoms with Gasteiger partial charge in [-0.15, -0.1) is 10.1 Å². The molecule has 0 heterocycles. The van der Waals surface area contributed by atoms with Crippen molar-refractivity contribution in [2.45, 2.75) is 0 Å². The van der Waals surface area contributed by atoms with Gasteiger partial charge in [0.15, 0.2) is 0 Å². The van der Waals surface area contributed by atoms with Crippen LogP contribution in [-0.4, -0.2) is 27.8 Å². The van der Waals surface area contributed by atoms with E-state index in [-0.39, 0.29) is 50.0 Å². The van der Waals surface area contributed by atoms with Crippen molar-refractivity contribution >= 4 is 10.4 Å². The Labute approximate surface area is 97.7 Å². The molecule has 0 saturated heterocycles. The summed E-state index contributed by atoms with van der Waals surface area (Å²) < 4.78 is 34.1. The maximum Gasteiger partial charge on any atom is 1.00 e. The van der Waals surface area contributed by atoms with Crippen molar-refractivity contribution in [2.24, 2.45) is 0 Å². The molecular weight excluding hydrogens is 467 g/mol. The first-order valence-corrected chi connectivity index (χ1v) is 2.57. The molecule has 67 valence electrons. The fraction of sp³-hybridized carbons (Fsp3) is 0. The van der Waals surface area contributed by atoms with Gasteiger partial charge >= 0.3 is 50.0 Å². The zero-order valence-electron chi connectivity index (χ0n) is 4.76. The van der Waals surface area contributed by atoms with Gasteiger partial charge in [0.25, 0.3) is 5.09 Å². The number of nitrogens with zero attached hydrogens (tertiary/aromatic N) is 1. The summed E-state index contributed by atoms with van der Waals surface area (Å²) >= 11 is 0. The van der Waals surface area contributed by atoms with Crippen molar-refractivity contribution in [1.82, 2.24) is 0 Å². The molecule has 0 rings (SSSR count). The van der Waals surface area contributed by atoms with Gasteiger partial charge in [-0.2, -0.15) is 0 Å². The van der Waals surface area contributed by atoms with E-state index in [1.165, 1.54) is 0 Å². The van der Waals surface area contributed by atoms with Crippen molar-refractivity contribution in [3.63, 3.8) is 0 Å². The maximum atomic E-state index is 8.52. The summed E-state index contributed by atoms with van der Waals surface area (Å²) in [7, 11) is -5.17. The van der Waals surface area contributed by atoms with Crippen LogP contribution in [0.25, 0.3) is 0 Å². The molecule has 1 radical (unpaired) electrons. The number of hydrogen-bond acceptors (Lipinski definition) is 6. The second kappa shape index (κ2) is 10.7. The summed E-state index contributed by atoms with van der Waals surface area (Å²) in [5.74, 6) is 0. The van der Waals surface area contributed by atoms with E-state index in [1.807, 2.05) is 0 Å². The monoisotopic (exact) mass is 468 g/mol. The van der Waals surface area contributed by atoms with Crippen LogP contribution < -0.4 is 0 Å². The van der Waals surface area contributed by atoms with Gasteiger partial charge in [0.1, 0.15) is 0 Å². The molecule has 8 nitrogen and oxygen atoms in total. The molecule has 0 saturated carbocycles. The summed E-state index contributed by atoms with van der Waals surface area (Å²) in [5.41, 5.74) is 0. The van der Waals surface area contributed by atoms with Gasteiger partial charge in [0.2, 0.25) is 0 Å². The van der Waals surface area contributed by atoms with Crippen LogP contribution >= 0.6 is 0 Å². The van der Waals surface area contributed by atoms with Gasteiger partial charge in [0.05, 0.1) is 0 Å². The first-order valence-electron chi connectivity index (χ1n) is 1.23. The second-order valence-corrected chi connectivity index (χ2v) is 1.46. The van der Waals surface area contributed by atoms with Crippen molar-refractivity contribution < 1.29 is 77.9 Å². The van der Waals surface area contributed by atoms with Gasteiger partial charge in [0, 0.05) is 10.4 Å².